The van der Waals surface area contributed by atoms with Gasteiger partial charge in [0, 0.05) is 70.9 Å². The van der Waals surface area contributed by atoms with Crippen LogP contribution >= 0.6 is 0 Å². The molecule has 3 aliphatic heterocycles. The Bertz CT molecular complexity index is 829. The third-order valence-electron chi connectivity index (χ3n) is 6.24. The number of hydrogen-bond acceptors (Lipinski definition) is 7. The van der Waals surface area contributed by atoms with Gasteiger partial charge in [-0.3, -0.25) is 4.79 Å². The molecule has 0 spiro atoms. The Morgan fingerprint density at radius 2 is 1.90 bits per heavy atom. The summed E-state index contributed by atoms with van der Waals surface area (Å²) in [6.07, 6.45) is 6.20. The van der Waals surface area contributed by atoms with Crippen molar-refractivity contribution < 1.29 is 9.53 Å². The average Bonchev–Trinajstić information content (AvgIpc) is 3.43. The van der Waals surface area contributed by atoms with E-state index in [4.69, 9.17) is 4.74 Å². The summed E-state index contributed by atoms with van der Waals surface area (Å²) in [5.74, 6) is 3.21. The van der Waals surface area contributed by atoms with Gasteiger partial charge in [-0.25, -0.2) is 14.6 Å². The second-order valence-electron chi connectivity index (χ2n) is 8.16. The molecule has 0 aliphatic carbocycles. The van der Waals surface area contributed by atoms with Crippen molar-refractivity contribution in [2.45, 2.75) is 6.42 Å². The second kappa shape index (κ2) is 8.08. The molecule has 3 aliphatic rings. The molecule has 3 saturated heterocycles. The first-order chi connectivity index (χ1) is 14.3. The summed E-state index contributed by atoms with van der Waals surface area (Å²) in [7, 11) is 0. The van der Waals surface area contributed by atoms with Gasteiger partial charge in [-0.15, -0.1) is 0 Å². The Labute approximate surface area is 170 Å². The number of carbonyl (C=O) groups is 1. The van der Waals surface area contributed by atoms with Gasteiger partial charge in [0.05, 0.1) is 0 Å². The Balaban J connectivity index is 1.15. The van der Waals surface area contributed by atoms with Crippen LogP contribution in [0.5, 0.6) is 0 Å². The molecule has 5 rings (SSSR count). The van der Waals surface area contributed by atoms with Gasteiger partial charge in [0.25, 0.3) is 0 Å². The minimum absolute atomic E-state index is 0.129. The molecule has 2 aromatic rings. The highest BCUT2D eigenvalue weighted by Gasteiger charge is 2.40. The van der Waals surface area contributed by atoms with E-state index >= 15 is 0 Å². The number of rotatable bonds is 5. The van der Waals surface area contributed by atoms with Crippen molar-refractivity contribution in [1.82, 2.24) is 29.5 Å². The molecule has 9 heteroatoms. The summed E-state index contributed by atoms with van der Waals surface area (Å²) < 4.78 is 7.09. The highest BCUT2D eigenvalue weighted by Crippen LogP contribution is 2.33. The standard InChI is InChI=1S/C20H27N7O2/c28-20-14-29-8-2-4-25(20)7-6-24-10-16-12-26(13-17(16)11-24)18-9-19(22-15-21-18)27-5-1-3-23-27/h1,3,5,9,15-17H,2,4,6-8,10-14H2. The molecular weight excluding hydrogens is 370 g/mol. The number of hydrogen-bond donors (Lipinski definition) is 0. The monoisotopic (exact) mass is 397 g/mol. The zero-order valence-electron chi connectivity index (χ0n) is 16.6. The lowest BCUT2D eigenvalue weighted by Gasteiger charge is -2.25. The van der Waals surface area contributed by atoms with Crippen LogP contribution in [0.4, 0.5) is 5.82 Å². The van der Waals surface area contributed by atoms with Gasteiger partial charge in [-0.05, 0) is 24.3 Å². The van der Waals surface area contributed by atoms with Crippen LogP contribution in [0.1, 0.15) is 6.42 Å². The molecule has 0 bridgehead atoms. The summed E-state index contributed by atoms with van der Waals surface area (Å²) in [5.41, 5.74) is 0. The summed E-state index contributed by atoms with van der Waals surface area (Å²) in [4.78, 5) is 27.8. The normalized spacial score (nSPS) is 25.4. The smallest absolute Gasteiger partial charge is 0.248 e. The van der Waals surface area contributed by atoms with Gasteiger partial charge in [0.1, 0.15) is 18.8 Å². The molecule has 29 heavy (non-hydrogen) atoms. The van der Waals surface area contributed by atoms with Crippen molar-refractivity contribution in [3.63, 3.8) is 0 Å². The van der Waals surface area contributed by atoms with E-state index in [9.17, 15) is 4.79 Å². The summed E-state index contributed by atoms with van der Waals surface area (Å²) >= 11 is 0. The van der Waals surface area contributed by atoms with Crippen LogP contribution < -0.4 is 4.90 Å². The SMILES string of the molecule is O=C1COCCCN1CCN1CC2CN(c3cc(-n4cccn4)ncn3)CC2C1. The lowest BCUT2D eigenvalue weighted by Crippen LogP contribution is -2.40. The maximum Gasteiger partial charge on any atom is 0.248 e. The number of aromatic nitrogens is 4. The lowest BCUT2D eigenvalue weighted by molar-refractivity contribution is -0.134. The number of carbonyl (C=O) groups excluding carboxylic acids is 1. The highest BCUT2D eigenvalue weighted by molar-refractivity contribution is 5.77. The van der Waals surface area contributed by atoms with E-state index in [0.717, 1.165) is 63.9 Å². The van der Waals surface area contributed by atoms with Gasteiger partial charge in [0.15, 0.2) is 5.82 Å². The fourth-order valence-corrected chi connectivity index (χ4v) is 4.73. The van der Waals surface area contributed by atoms with E-state index < -0.39 is 0 Å². The fourth-order valence-electron chi connectivity index (χ4n) is 4.73. The summed E-state index contributed by atoms with van der Waals surface area (Å²) in [5, 5.41) is 4.26. The molecule has 5 heterocycles. The van der Waals surface area contributed by atoms with Gasteiger partial charge in [0.2, 0.25) is 5.91 Å². The molecule has 0 aromatic carbocycles. The minimum atomic E-state index is 0.129. The molecule has 0 N–H and O–H groups in total. The van der Waals surface area contributed by atoms with Gasteiger partial charge in [-0.2, -0.15) is 5.10 Å². The third kappa shape index (κ3) is 3.97. The molecular formula is C20H27N7O2. The van der Waals surface area contributed by atoms with E-state index in [-0.39, 0.29) is 12.5 Å². The van der Waals surface area contributed by atoms with Crippen LogP contribution in [0.2, 0.25) is 0 Å². The maximum atomic E-state index is 12.1. The Morgan fingerprint density at radius 3 is 2.69 bits per heavy atom. The largest absolute Gasteiger partial charge is 0.372 e. The van der Waals surface area contributed by atoms with E-state index in [1.807, 2.05) is 23.2 Å². The zero-order valence-corrected chi connectivity index (χ0v) is 16.6. The minimum Gasteiger partial charge on any atom is -0.372 e. The lowest BCUT2D eigenvalue weighted by atomic mass is 10.0. The number of fused-ring (bicyclic) bond motifs is 1. The van der Waals surface area contributed by atoms with E-state index in [1.165, 1.54) is 0 Å². The van der Waals surface area contributed by atoms with Gasteiger partial charge in [-0.1, -0.05) is 0 Å². The molecule has 0 radical (unpaired) electrons. The number of likely N-dealkylation sites (tertiary alicyclic amines) is 1. The topological polar surface area (TPSA) is 79.6 Å². The first-order valence-corrected chi connectivity index (χ1v) is 10.4. The third-order valence-corrected chi connectivity index (χ3v) is 6.24. The quantitative estimate of drug-likeness (QED) is 0.717. The van der Waals surface area contributed by atoms with Crippen molar-refractivity contribution in [3.05, 3.63) is 30.9 Å². The van der Waals surface area contributed by atoms with Crippen LogP contribution in [0.25, 0.3) is 5.82 Å². The van der Waals surface area contributed by atoms with Crippen LogP contribution in [-0.4, -0.2) is 94.5 Å². The van der Waals surface area contributed by atoms with Crippen LogP contribution in [0.15, 0.2) is 30.9 Å². The fraction of sp³-hybridized carbons (Fsp3) is 0.600. The number of nitrogens with zero attached hydrogens (tertiary/aromatic N) is 7. The van der Waals surface area contributed by atoms with Crippen LogP contribution in [-0.2, 0) is 9.53 Å². The zero-order chi connectivity index (χ0) is 19.6. The summed E-state index contributed by atoms with van der Waals surface area (Å²) in [6, 6.07) is 3.90. The first-order valence-electron chi connectivity index (χ1n) is 10.4. The Kier molecular flexibility index (Phi) is 5.15. The van der Waals surface area contributed by atoms with E-state index in [1.54, 1.807) is 17.2 Å². The molecule has 1 amide bonds. The highest BCUT2D eigenvalue weighted by atomic mass is 16.5. The molecule has 3 fully saturated rings. The molecule has 2 aromatic heterocycles. The van der Waals surface area contributed by atoms with Crippen molar-refractivity contribution in [1.29, 1.82) is 0 Å². The summed E-state index contributed by atoms with van der Waals surface area (Å²) in [6.45, 7) is 7.74. The van der Waals surface area contributed by atoms with Crippen molar-refractivity contribution >= 4 is 11.7 Å². The van der Waals surface area contributed by atoms with E-state index in [0.29, 0.717) is 18.4 Å². The van der Waals surface area contributed by atoms with Crippen molar-refractivity contribution in [2.24, 2.45) is 11.8 Å². The van der Waals surface area contributed by atoms with Crippen molar-refractivity contribution in [2.75, 3.05) is 63.9 Å². The predicted octanol–water partition coefficient (Wildman–Crippen LogP) is 0.279. The van der Waals surface area contributed by atoms with E-state index in [2.05, 4.69) is 24.9 Å². The second-order valence-corrected chi connectivity index (χ2v) is 8.16. The Morgan fingerprint density at radius 1 is 1.07 bits per heavy atom. The first kappa shape index (κ1) is 18.5. The molecule has 2 unspecified atom stereocenters. The van der Waals surface area contributed by atoms with Gasteiger partial charge >= 0.3 is 0 Å². The number of ether oxygens (including phenoxy) is 1. The van der Waals surface area contributed by atoms with Crippen LogP contribution in [0.3, 0.4) is 0 Å². The van der Waals surface area contributed by atoms with Gasteiger partial charge < -0.3 is 19.4 Å². The predicted molar refractivity (Wildman–Crippen MR) is 107 cm³/mol. The number of anilines is 1. The molecule has 2 atom stereocenters. The number of amides is 1. The maximum absolute atomic E-state index is 12.1. The van der Waals surface area contributed by atoms with Crippen LogP contribution in [0, 0.1) is 11.8 Å². The molecule has 154 valence electrons. The molecule has 9 nitrogen and oxygen atoms in total. The van der Waals surface area contributed by atoms with Crippen molar-refractivity contribution in [3.8, 4) is 5.82 Å². The molecule has 0 saturated carbocycles. The average molecular weight is 397 g/mol. The Hall–Kier alpha value is -2.52.